The highest BCUT2D eigenvalue weighted by atomic mass is 32.2. The molecule has 0 spiro atoms. The van der Waals surface area contributed by atoms with Crippen LogP contribution in [0.2, 0.25) is 0 Å². The van der Waals surface area contributed by atoms with Crippen molar-refractivity contribution in [3.63, 3.8) is 0 Å². The van der Waals surface area contributed by atoms with Gasteiger partial charge in [0.2, 0.25) is 10.0 Å². The molecule has 1 fully saturated rings. The van der Waals surface area contributed by atoms with Gasteiger partial charge in [-0.15, -0.1) is 0 Å². The monoisotopic (exact) mass is 248 g/mol. The van der Waals surface area contributed by atoms with Crippen molar-refractivity contribution in [2.24, 2.45) is 11.1 Å². The SMILES string of the molecule is CC(CN)S(=O)(=O)NC1CCCCC1(C)C. The highest BCUT2D eigenvalue weighted by Crippen LogP contribution is 2.35. The van der Waals surface area contributed by atoms with Gasteiger partial charge in [-0.3, -0.25) is 0 Å². The van der Waals surface area contributed by atoms with Crippen molar-refractivity contribution in [1.82, 2.24) is 4.72 Å². The number of rotatable bonds is 4. The average molecular weight is 248 g/mol. The van der Waals surface area contributed by atoms with Crippen molar-refractivity contribution in [1.29, 1.82) is 0 Å². The molecule has 16 heavy (non-hydrogen) atoms. The van der Waals surface area contributed by atoms with E-state index in [9.17, 15) is 8.42 Å². The van der Waals surface area contributed by atoms with E-state index in [-0.39, 0.29) is 18.0 Å². The third-order valence-corrected chi connectivity index (χ3v) is 5.54. The summed E-state index contributed by atoms with van der Waals surface area (Å²) in [5.74, 6) is 0. The maximum Gasteiger partial charge on any atom is 0.215 e. The molecule has 1 saturated carbocycles. The first-order valence-corrected chi connectivity index (χ1v) is 7.55. The van der Waals surface area contributed by atoms with Crippen molar-refractivity contribution in [3.05, 3.63) is 0 Å². The standard InChI is InChI=1S/C11H24N2O2S/c1-9(8-12)16(14,15)13-10-6-4-5-7-11(10,2)3/h9-10,13H,4-8,12H2,1-3H3. The molecule has 0 aromatic carbocycles. The zero-order valence-electron chi connectivity index (χ0n) is 10.5. The molecule has 96 valence electrons. The van der Waals surface area contributed by atoms with Crippen molar-refractivity contribution >= 4 is 10.0 Å². The molecular formula is C11H24N2O2S. The largest absolute Gasteiger partial charge is 0.329 e. The fourth-order valence-corrected chi connectivity index (χ4v) is 3.47. The molecule has 0 aromatic rings. The predicted molar refractivity (Wildman–Crippen MR) is 66.6 cm³/mol. The summed E-state index contributed by atoms with van der Waals surface area (Å²) in [6.07, 6.45) is 4.31. The summed E-state index contributed by atoms with van der Waals surface area (Å²) in [5, 5.41) is -0.509. The molecular weight excluding hydrogens is 224 g/mol. The van der Waals surface area contributed by atoms with Gasteiger partial charge in [0, 0.05) is 12.6 Å². The Bertz CT molecular complexity index is 325. The van der Waals surface area contributed by atoms with Crippen LogP contribution in [-0.2, 0) is 10.0 Å². The lowest BCUT2D eigenvalue weighted by Gasteiger charge is -2.39. The average Bonchev–Trinajstić information content (AvgIpc) is 2.19. The van der Waals surface area contributed by atoms with Gasteiger partial charge in [-0.25, -0.2) is 13.1 Å². The summed E-state index contributed by atoms with van der Waals surface area (Å²) in [7, 11) is -3.26. The quantitative estimate of drug-likeness (QED) is 0.786. The Morgan fingerprint density at radius 2 is 2.06 bits per heavy atom. The number of hydrogen-bond donors (Lipinski definition) is 2. The van der Waals surface area contributed by atoms with Crippen LogP contribution in [0.3, 0.4) is 0 Å². The third-order valence-electron chi connectivity index (χ3n) is 3.68. The Morgan fingerprint density at radius 1 is 1.44 bits per heavy atom. The Labute approximate surface area is 99.0 Å². The summed E-state index contributed by atoms with van der Waals surface area (Å²) in [5.41, 5.74) is 5.47. The smallest absolute Gasteiger partial charge is 0.215 e. The summed E-state index contributed by atoms with van der Waals surface area (Å²) in [6.45, 7) is 6.08. The van der Waals surface area contributed by atoms with Crippen LogP contribution in [0.4, 0.5) is 0 Å². The molecule has 5 heteroatoms. The molecule has 0 aromatic heterocycles. The fraction of sp³-hybridized carbons (Fsp3) is 1.00. The summed E-state index contributed by atoms with van der Waals surface area (Å²) in [4.78, 5) is 0. The van der Waals surface area contributed by atoms with Crippen LogP contribution in [0, 0.1) is 5.41 Å². The van der Waals surface area contributed by atoms with E-state index in [1.54, 1.807) is 6.92 Å². The minimum atomic E-state index is -3.26. The summed E-state index contributed by atoms with van der Waals surface area (Å²) >= 11 is 0. The zero-order chi connectivity index (χ0) is 12.4. The van der Waals surface area contributed by atoms with Gasteiger partial charge in [0.25, 0.3) is 0 Å². The lowest BCUT2D eigenvalue weighted by atomic mass is 9.74. The molecule has 0 bridgehead atoms. The molecule has 0 aliphatic heterocycles. The normalized spacial score (nSPS) is 27.6. The maximum absolute atomic E-state index is 11.9. The second kappa shape index (κ2) is 5.02. The van der Waals surface area contributed by atoms with Crippen molar-refractivity contribution in [2.75, 3.05) is 6.54 Å². The van der Waals surface area contributed by atoms with Gasteiger partial charge in [-0.1, -0.05) is 26.7 Å². The highest BCUT2D eigenvalue weighted by Gasteiger charge is 2.35. The molecule has 0 radical (unpaired) electrons. The Hall–Kier alpha value is -0.130. The minimum absolute atomic E-state index is 0.0552. The Balaban J connectivity index is 2.72. The van der Waals surface area contributed by atoms with Crippen molar-refractivity contribution in [2.45, 2.75) is 57.7 Å². The van der Waals surface area contributed by atoms with Crippen LogP contribution in [0.5, 0.6) is 0 Å². The molecule has 4 nitrogen and oxygen atoms in total. The zero-order valence-corrected chi connectivity index (χ0v) is 11.3. The topological polar surface area (TPSA) is 72.2 Å². The van der Waals surface area contributed by atoms with Crippen molar-refractivity contribution < 1.29 is 8.42 Å². The number of nitrogens with one attached hydrogen (secondary N) is 1. The first-order valence-electron chi connectivity index (χ1n) is 6.01. The highest BCUT2D eigenvalue weighted by molar-refractivity contribution is 7.90. The summed E-state index contributed by atoms with van der Waals surface area (Å²) in [6, 6.07) is 0.0558. The van der Waals surface area contributed by atoms with Crippen LogP contribution in [0.15, 0.2) is 0 Å². The van der Waals surface area contributed by atoms with Crippen LogP contribution in [-0.4, -0.2) is 26.3 Å². The van der Waals surface area contributed by atoms with Crippen molar-refractivity contribution in [3.8, 4) is 0 Å². The Kier molecular flexibility index (Phi) is 4.37. The van der Waals surface area contributed by atoms with Gasteiger partial charge < -0.3 is 5.73 Å². The Morgan fingerprint density at radius 3 is 2.56 bits per heavy atom. The molecule has 0 amide bonds. The molecule has 0 saturated heterocycles. The van der Waals surface area contributed by atoms with Crippen LogP contribution < -0.4 is 10.5 Å². The van der Waals surface area contributed by atoms with Crippen LogP contribution >= 0.6 is 0 Å². The third kappa shape index (κ3) is 3.18. The molecule has 2 atom stereocenters. The van der Waals surface area contributed by atoms with E-state index in [4.69, 9.17) is 5.73 Å². The lowest BCUT2D eigenvalue weighted by molar-refractivity contribution is 0.188. The van der Waals surface area contributed by atoms with Gasteiger partial charge >= 0.3 is 0 Å². The van der Waals surface area contributed by atoms with Gasteiger partial charge in [0.1, 0.15) is 0 Å². The minimum Gasteiger partial charge on any atom is -0.329 e. The number of sulfonamides is 1. The molecule has 3 N–H and O–H groups in total. The van der Waals surface area contributed by atoms with E-state index in [0.29, 0.717) is 0 Å². The van der Waals surface area contributed by atoms with Gasteiger partial charge in [-0.05, 0) is 25.2 Å². The number of nitrogens with two attached hydrogens (primary N) is 1. The second-order valence-electron chi connectivity index (χ2n) is 5.50. The maximum atomic E-state index is 11.9. The summed E-state index contributed by atoms with van der Waals surface area (Å²) < 4.78 is 26.7. The lowest BCUT2D eigenvalue weighted by Crippen LogP contribution is -2.50. The van der Waals surface area contributed by atoms with Crippen LogP contribution in [0.1, 0.15) is 46.5 Å². The number of hydrogen-bond acceptors (Lipinski definition) is 3. The van der Waals surface area contributed by atoms with Crippen LogP contribution in [0.25, 0.3) is 0 Å². The molecule has 0 heterocycles. The fourth-order valence-electron chi connectivity index (χ4n) is 2.15. The van der Waals surface area contributed by atoms with Gasteiger partial charge in [-0.2, -0.15) is 0 Å². The van der Waals surface area contributed by atoms with E-state index < -0.39 is 15.3 Å². The van der Waals surface area contributed by atoms with E-state index in [2.05, 4.69) is 18.6 Å². The van der Waals surface area contributed by atoms with E-state index >= 15 is 0 Å². The van der Waals surface area contributed by atoms with Gasteiger partial charge in [0.05, 0.1) is 5.25 Å². The molecule has 1 rings (SSSR count). The van der Waals surface area contributed by atoms with Gasteiger partial charge in [0.15, 0.2) is 0 Å². The first kappa shape index (κ1) is 13.9. The van der Waals surface area contributed by atoms with E-state index in [1.807, 2.05) is 0 Å². The molecule has 2 unspecified atom stereocenters. The molecule has 1 aliphatic carbocycles. The first-order chi connectivity index (χ1) is 7.29. The predicted octanol–water partition coefficient (Wildman–Crippen LogP) is 1.22. The second-order valence-corrected chi connectivity index (χ2v) is 7.63. The molecule has 1 aliphatic rings. The van der Waals surface area contributed by atoms with E-state index in [0.717, 1.165) is 19.3 Å². The van der Waals surface area contributed by atoms with E-state index in [1.165, 1.54) is 6.42 Å².